The fourth-order valence-electron chi connectivity index (χ4n) is 2.62. The second kappa shape index (κ2) is 7.40. The number of likely N-dealkylation sites (N-methyl/N-ethyl adjacent to an activating group) is 1. The van der Waals surface area contributed by atoms with E-state index in [0.717, 1.165) is 0 Å². The van der Waals surface area contributed by atoms with Gasteiger partial charge in [0.1, 0.15) is 11.3 Å². The first-order valence-electron chi connectivity index (χ1n) is 7.39. The minimum absolute atomic E-state index is 0.0532. The molecule has 1 fully saturated rings. The van der Waals surface area contributed by atoms with Crippen molar-refractivity contribution in [3.8, 4) is 5.75 Å². The van der Waals surface area contributed by atoms with Gasteiger partial charge in [0, 0.05) is 17.6 Å². The minimum atomic E-state index is -3.12. The summed E-state index contributed by atoms with van der Waals surface area (Å²) >= 11 is 5.76. The lowest BCUT2D eigenvalue weighted by Gasteiger charge is -2.26. The number of hydrogen-bond acceptors (Lipinski definition) is 6. The molecule has 0 aromatic heterocycles. The Labute approximate surface area is 145 Å². The van der Waals surface area contributed by atoms with Crippen LogP contribution in [0.5, 0.6) is 5.75 Å². The summed E-state index contributed by atoms with van der Waals surface area (Å²) < 4.78 is 28.0. The third-order valence-corrected chi connectivity index (χ3v) is 5.80. The maximum atomic E-state index is 12.2. The molecule has 1 aliphatic heterocycles. The maximum Gasteiger partial charge on any atom is 0.342 e. The van der Waals surface area contributed by atoms with Crippen LogP contribution < -0.4 is 0 Å². The van der Waals surface area contributed by atoms with Crippen molar-refractivity contribution in [3.05, 3.63) is 28.8 Å². The molecule has 1 atom stereocenters. The third kappa shape index (κ3) is 4.39. The highest BCUT2D eigenvalue weighted by Crippen LogP contribution is 2.22. The van der Waals surface area contributed by atoms with Gasteiger partial charge in [-0.05, 0) is 31.5 Å². The van der Waals surface area contributed by atoms with Crippen molar-refractivity contribution in [2.24, 2.45) is 0 Å². The monoisotopic (exact) mass is 375 g/mol. The molecule has 132 valence electrons. The molecule has 0 spiro atoms. The van der Waals surface area contributed by atoms with Crippen molar-refractivity contribution in [3.63, 3.8) is 0 Å². The Morgan fingerprint density at radius 2 is 2.12 bits per heavy atom. The van der Waals surface area contributed by atoms with E-state index in [9.17, 15) is 23.1 Å². The Bertz CT molecular complexity index is 748. The summed E-state index contributed by atoms with van der Waals surface area (Å²) in [5, 5.41) is 9.88. The van der Waals surface area contributed by atoms with Crippen molar-refractivity contribution in [1.29, 1.82) is 0 Å². The first-order chi connectivity index (χ1) is 11.2. The van der Waals surface area contributed by atoms with E-state index in [2.05, 4.69) is 0 Å². The van der Waals surface area contributed by atoms with Crippen LogP contribution in [0.2, 0.25) is 5.02 Å². The lowest BCUT2D eigenvalue weighted by molar-refractivity contribution is -0.136. The number of nitrogens with zero attached hydrogens (tertiary/aromatic N) is 1. The molecule has 2 rings (SSSR count). The predicted molar refractivity (Wildman–Crippen MR) is 87.8 cm³/mol. The third-order valence-electron chi connectivity index (χ3n) is 3.82. The number of benzene rings is 1. The van der Waals surface area contributed by atoms with E-state index in [4.69, 9.17) is 16.3 Å². The number of phenolic OH excluding ortho intramolecular Hbond substituents is 1. The number of phenols is 1. The number of amides is 1. The average Bonchev–Trinajstić information content (AvgIpc) is 2.87. The molecule has 0 radical (unpaired) electrons. The second-order valence-corrected chi connectivity index (χ2v) is 8.14. The fourth-order valence-corrected chi connectivity index (χ4v) is 4.52. The number of aromatic hydroxyl groups is 1. The Morgan fingerprint density at radius 1 is 1.42 bits per heavy atom. The number of ether oxygens (including phenoxy) is 1. The van der Waals surface area contributed by atoms with E-state index in [1.165, 1.54) is 23.1 Å². The average molecular weight is 376 g/mol. The van der Waals surface area contributed by atoms with Gasteiger partial charge in [0.25, 0.3) is 5.91 Å². The molecule has 1 aromatic carbocycles. The topological polar surface area (TPSA) is 101 Å². The molecule has 0 saturated carbocycles. The van der Waals surface area contributed by atoms with Crippen molar-refractivity contribution >= 4 is 33.3 Å². The van der Waals surface area contributed by atoms with Gasteiger partial charge in [-0.15, -0.1) is 0 Å². The molecule has 1 aliphatic rings. The lowest BCUT2D eigenvalue weighted by atomic mass is 10.2. The van der Waals surface area contributed by atoms with Gasteiger partial charge in [-0.25, -0.2) is 13.2 Å². The van der Waals surface area contributed by atoms with E-state index in [1.54, 1.807) is 6.92 Å². The van der Waals surface area contributed by atoms with Gasteiger partial charge in [-0.3, -0.25) is 4.79 Å². The number of hydrogen-bond donors (Lipinski definition) is 1. The first-order valence-corrected chi connectivity index (χ1v) is 9.59. The molecule has 0 aliphatic carbocycles. The normalized spacial score (nSPS) is 19.0. The summed E-state index contributed by atoms with van der Waals surface area (Å²) in [6.45, 7) is 1.52. The van der Waals surface area contributed by atoms with Gasteiger partial charge < -0.3 is 14.7 Å². The van der Waals surface area contributed by atoms with Gasteiger partial charge in [0.05, 0.1) is 11.5 Å². The smallest absolute Gasteiger partial charge is 0.342 e. The Balaban J connectivity index is 1.98. The first kappa shape index (κ1) is 18.5. The Hall–Kier alpha value is -1.80. The van der Waals surface area contributed by atoms with Crippen molar-refractivity contribution in [1.82, 2.24) is 4.90 Å². The second-order valence-electron chi connectivity index (χ2n) is 5.47. The zero-order valence-corrected chi connectivity index (χ0v) is 14.6. The van der Waals surface area contributed by atoms with Gasteiger partial charge in [-0.1, -0.05) is 11.6 Å². The predicted octanol–water partition coefficient (Wildman–Crippen LogP) is 1.24. The standard InChI is InChI=1S/C15H18ClNO6S/c1-2-17(11-5-6-24(21,22)9-11)14(19)8-23-15(20)12-7-10(16)3-4-13(12)18/h3-4,7,11,18H,2,5-6,8-9H2,1H3/t11-/m0/s1. The van der Waals surface area contributed by atoms with Crippen LogP contribution in [0.25, 0.3) is 0 Å². The summed E-state index contributed by atoms with van der Waals surface area (Å²) in [6, 6.07) is 3.51. The van der Waals surface area contributed by atoms with Crippen LogP contribution >= 0.6 is 11.6 Å². The molecular weight excluding hydrogens is 358 g/mol. The molecular formula is C15H18ClNO6S. The molecule has 24 heavy (non-hydrogen) atoms. The summed E-state index contributed by atoms with van der Waals surface area (Å²) in [6.07, 6.45) is 0.380. The van der Waals surface area contributed by atoms with Crippen LogP contribution in [0, 0.1) is 0 Å². The number of esters is 1. The molecule has 1 N–H and O–H groups in total. The van der Waals surface area contributed by atoms with Crippen LogP contribution in [0.1, 0.15) is 23.7 Å². The number of halogens is 1. The molecule has 1 heterocycles. The lowest BCUT2D eigenvalue weighted by Crippen LogP contribution is -2.43. The Kier molecular flexibility index (Phi) is 5.71. The Morgan fingerprint density at radius 3 is 2.71 bits per heavy atom. The molecule has 9 heteroatoms. The molecule has 1 aromatic rings. The van der Waals surface area contributed by atoms with Gasteiger partial charge in [-0.2, -0.15) is 0 Å². The summed E-state index contributed by atoms with van der Waals surface area (Å²) in [5.74, 6) is -1.67. The molecule has 1 saturated heterocycles. The van der Waals surface area contributed by atoms with E-state index in [1.807, 2.05) is 0 Å². The summed E-state index contributed by atoms with van der Waals surface area (Å²) in [7, 11) is -3.12. The number of carbonyl (C=O) groups is 2. The maximum absolute atomic E-state index is 12.2. The molecule has 1 amide bonds. The van der Waals surface area contributed by atoms with E-state index >= 15 is 0 Å². The van der Waals surface area contributed by atoms with Gasteiger partial charge >= 0.3 is 5.97 Å². The number of carbonyl (C=O) groups excluding carboxylic acids is 2. The quantitative estimate of drug-likeness (QED) is 0.777. The van der Waals surface area contributed by atoms with Crippen molar-refractivity contribution in [2.45, 2.75) is 19.4 Å². The molecule has 0 bridgehead atoms. The van der Waals surface area contributed by atoms with E-state index in [-0.39, 0.29) is 27.8 Å². The van der Waals surface area contributed by atoms with Gasteiger partial charge in [0.2, 0.25) is 0 Å². The summed E-state index contributed by atoms with van der Waals surface area (Å²) in [5.41, 5.74) is -0.137. The SMILES string of the molecule is CCN(C(=O)COC(=O)c1cc(Cl)ccc1O)[C@H]1CCS(=O)(=O)C1. The molecule has 0 unspecified atom stereocenters. The van der Waals surface area contributed by atoms with Crippen LogP contribution in [-0.2, 0) is 19.4 Å². The van der Waals surface area contributed by atoms with Crippen molar-refractivity contribution in [2.75, 3.05) is 24.7 Å². The zero-order chi connectivity index (χ0) is 17.9. The van der Waals surface area contributed by atoms with Crippen LogP contribution in [0.4, 0.5) is 0 Å². The fraction of sp³-hybridized carbons (Fsp3) is 0.467. The van der Waals surface area contributed by atoms with Gasteiger partial charge in [0.15, 0.2) is 16.4 Å². The number of sulfone groups is 1. The van der Waals surface area contributed by atoms with Crippen LogP contribution in [0.3, 0.4) is 0 Å². The highest BCUT2D eigenvalue weighted by molar-refractivity contribution is 7.91. The highest BCUT2D eigenvalue weighted by atomic mass is 35.5. The number of rotatable bonds is 5. The largest absolute Gasteiger partial charge is 0.507 e. The van der Waals surface area contributed by atoms with Crippen LogP contribution in [0.15, 0.2) is 18.2 Å². The minimum Gasteiger partial charge on any atom is -0.507 e. The highest BCUT2D eigenvalue weighted by Gasteiger charge is 2.34. The van der Waals surface area contributed by atoms with E-state index in [0.29, 0.717) is 13.0 Å². The molecule has 7 nitrogen and oxygen atoms in total. The van der Waals surface area contributed by atoms with E-state index < -0.39 is 34.4 Å². The summed E-state index contributed by atoms with van der Waals surface area (Å²) in [4.78, 5) is 25.6. The van der Waals surface area contributed by atoms with Crippen LogP contribution in [-0.4, -0.2) is 61.0 Å². The zero-order valence-electron chi connectivity index (χ0n) is 13.1. The van der Waals surface area contributed by atoms with Crippen molar-refractivity contribution < 1.29 is 27.9 Å².